The smallest absolute Gasteiger partial charge is 0.308 e. The Morgan fingerprint density at radius 1 is 0.671 bits per heavy atom. The minimum atomic E-state index is -1.85. The second-order valence-electron chi connectivity index (χ2n) is 26.3. The minimum absolute atomic E-state index is 0.0581. The molecule has 0 aromatic carbocycles. The largest absolute Gasteiger partial charge is 0.433 e. The third kappa shape index (κ3) is 12.7. The van der Waals surface area contributed by atoms with E-state index in [1.165, 1.54) is 14.0 Å². The molecule has 9 fully saturated rings. The molecule has 5 heterocycles. The molecule has 9 rings (SSSR count). The summed E-state index contributed by atoms with van der Waals surface area (Å²) in [6.45, 7) is 10.8. The number of aliphatic hydroxyl groups is 16. The third-order valence-corrected chi connectivity index (χ3v) is 22.1. The number of hydrogen-bond acceptors (Lipinski definition) is 27. The van der Waals surface area contributed by atoms with Crippen LogP contribution in [0.5, 0.6) is 0 Å². The molecular weight excluding hydrogens is 1130 g/mol. The van der Waals surface area contributed by atoms with Crippen LogP contribution in [0.2, 0.25) is 0 Å². The molecule has 0 aromatic rings. The molecule has 0 aromatic heterocycles. The van der Waals surface area contributed by atoms with Crippen molar-refractivity contribution < 1.29 is 134 Å². The molecule has 31 atom stereocenters. The fraction of sp³-hybridized carbons (Fsp3) is 0.948. The molecule has 1 spiro atoms. The molecule has 85 heavy (non-hydrogen) atoms. The van der Waals surface area contributed by atoms with Gasteiger partial charge in [-0.2, -0.15) is 0 Å². The van der Waals surface area contributed by atoms with Gasteiger partial charge in [-0.1, -0.05) is 53.5 Å². The van der Waals surface area contributed by atoms with E-state index in [0.717, 1.165) is 31.3 Å². The molecular formula is C58H98O27. The molecule has 9 aliphatic rings. The first-order valence-electron chi connectivity index (χ1n) is 30.3. The molecule has 4 bridgehead atoms. The average Bonchev–Trinajstić information content (AvgIpc) is 1.63. The van der Waals surface area contributed by atoms with Crippen LogP contribution in [-0.4, -0.2) is 287 Å². The monoisotopic (exact) mass is 1230 g/mol. The van der Waals surface area contributed by atoms with Gasteiger partial charge in [0, 0.05) is 13.0 Å². The van der Waals surface area contributed by atoms with E-state index in [-0.39, 0.29) is 36.7 Å². The van der Waals surface area contributed by atoms with Gasteiger partial charge in [0.2, 0.25) is 6.29 Å². The van der Waals surface area contributed by atoms with Crippen LogP contribution in [0.1, 0.15) is 112 Å². The number of methoxy groups -OCH3 is 1. The van der Waals surface area contributed by atoms with Crippen molar-refractivity contribution in [2.45, 2.75) is 264 Å². The molecule has 5 aliphatic heterocycles. The van der Waals surface area contributed by atoms with Crippen LogP contribution in [0.4, 0.5) is 0 Å². The van der Waals surface area contributed by atoms with E-state index in [4.69, 9.17) is 47.4 Å². The first-order valence-corrected chi connectivity index (χ1v) is 30.3. The molecule has 16 unspecified atom stereocenters. The van der Waals surface area contributed by atoms with Gasteiger partial charge >= 0.3 is 5.97 Å². The fourth-order valence-electron chi connectivity index (χ4n) is 15.8. The number of rotatable bonds is 22. The van der Waals surface area contributed by atoms with E-state index in [2.05, 4.69) is 34.3 Å². The highest BCUT2D eigenvalue weighted by atomic mass is 16.8. The van der Waals surface area contributed by atoms with Crippen molar-refractivity contribution in [2.24, 2.45) is 34.0 Å². The van der Waals surface area contributed by atoms with Crippen LogP contribution in [0.25, 0.3) is 0 Å². The Balaban J connectivity index is 1.02. The topological polar surface area (TPSA) is 433 Å². The number of fused-ring (bicyclic) bond motifs is 4. The number of esters is 1. The minimum Gasteiger partial charge on any atom is -0.433 e. The third-order valence-electron chi connectivity index (χ3n) is 22.1. The van der Waals surface area contributed by atoms with E-state index >= 15 is 0 Å². The summed E-state index contributed by atoms with van der Waals surface area (Å²) >= 11 is 0. The van der Waals surface area contributed by atoms with Gasteiger partial charge < -0.3 is 129 Å². The summed E-state index contributed by atoms with van der Waals surface area (Å²) < 4.78 is 61.2. The van der Waals surface area contributed by atoms with Crippen molar-refractivity contribution in [3.8, 4) is 0 Å². The van der Waals surface area contributed by atoms with Gasteiger partial charge in [-0.3, -0.25) is 4.79 Å². The Morgan fingerprint density at radius 2 is 1.29 bits per heavy atom. The summed E-state index contributed by atoms with van der Waals surface area (Å²) in [5.74, 6) is -1.51. The Bertz CT molecular complexity index is 2200. The highest BCUT2D eigenvalue weighted by molar-refractivity contribution is 5.70. The zero-order valence-electron chi connectivity index (χ0n) is 49.6. The SMILES string of the molecule is C=C1C[C@@]23CCC(C)(CC)[C@](C)(CC(=O)O[C@@H]4OC(CO)[C@@H](O)C(O)C4O[C@@H]4OC(C)[C@@H](O)C(O)C4O)CCCC[C@@H]2CC[C@]1(OC[C@@H]1OC(CO)C2(OC[C@H](OC)C(O)C(O)[C@H](O)CO)CC(C1O[C@@H]1OC(CO)[C@@H](O)C(O)C1O)[C@@H]2O)[C@@H]3C. The van der Waals surface area contributed by atoms with Crippen LogP contribution < -0.4 is 0 Å². The second-order valence-corrected chi connectivity index (χ2v) is 26.3. The summed E-state index contributed by atoms with van der Waals surface area (Å²) in [5.41, 5.74) is -3.33. The standard InChI is InChI=1S/C58H98O27/c1-8-54(5)15-16-56-17-26(2)57(28(56)4,14-12-29(56)11-9-10-13-55(54,6)19-37(64)83-53-49(45(72)41(68)33(22-61)82-53)85-51-46(73)43(70)38(65)27(3)79-51)77-25-35-48(84-52-47(74)44(71)40(67)32(21-60)81-52)30-18-58(50(30)75,36(23-62)80-35)78-24-34(76-7)42(69)39(66)31(63)20-59/h27-36,38-53,59-63,65-75H,2,8-25H2,1,3-7H3/t27?,28-,29-,30?,31-,32?,33?,34+,35+,36?,38-,39?,40-,41-,42?,43?,44?,45?,46?,47?,48?,49?,50+,51+,52+,53+,54?,55+,56-,57-,58?/m1/s1. The van der Waals surface area contributed by atoms with Crippen LogP contribution in [-0.2, 0) is 52.2 Å². The van der Waals surface area contributed by atoms with Crippen LogP contribution in [0.3, 0.4) is 0 Å². The summed E-state index contributed by atoms with van der Waals surface area (Å²) in [4.78, 5) is 14.5. The van der Waals surface area contributed by atoms with Crippen molar-refractivity contribution >= 4 is 5.97 Å². The van der Waals surface area contributed by atoms with Crippen LogP contribution in [0.15, 0.2) is 12.2 Å². The normalized spacial score (nSPS) is 49.1. The average molecular weight is 1230 g/mol. The Labute approximate surface area is 495 Å². The summed E-state index contributed by atoms with van der Waals surface area (Å²) in [6.07, 6.45) is -29.2. The van der Waals surface area contributed by atoms with Gasteiger partial charge in [0.05, 0.1) is 70.0 Å². The van der Waals surface area contributed by atoms with E-state index in [1.807, 2.05) is 0 Å². The van der Waals surface area contributed by atoms with Gasteiger partial charge in [-0.05, 0) is 91.9 Å². The molecule has 492 valence electrons. The lowest BCUT2D eigenvalue weighted by atomic mass is 9.52. The molecule has 27 heteroatoms. The first kappa shape index (κ1) is 69.1. The molecule has 27 nitrogen and oxygen atoms in total. The van der Waals surface area contributed by atoms with Crippen molar-refractivity contribution in [3.63, 3.8) is 0 Å². The predicted octanol–water partition coefficient (Wildman–Crippen LogP) is -3.73. The summed E-state index contributed by atoms with van der Waals surface area (Å²) in [7, 11) is 1.22. The van der Waals surface area contributed by atoms with Crippen molar-refractivity contribution in [1.82, 2.24) is 0 Å². The molecule has 5 saturated heterocycles. The van der Waals surface area contributed by atoms with Gasteiger partial charge in [0.25, 0.3) is 0 Å². The van der Waals surface area contributed by atoms with Crippen molar-refractivity contribution in [3.05, 3.63) is 12.2 Å². The predicted molar refractivity (Wildman–Crippen MR) is 290 cm³/mol. The lowest BCUT2D eigenvalue weighted by Crippen LogP contribution is -2.69. The van der Waals surface area contributed by atoms with E-state index < -0.39 is 208 Å². The van der Waals surface area contributed by atoms with E-state index in [0.29, 0.717) is 38.5 Å². The second kappa shape index (κ2) is 27.6. The molecule has 4 saturated carbocycles. The molecule has 4 aliphatic carbocycles. The quantitative estimate of drug-likeness (QED) is 0.0366. The maximum Gasteiger partial charge on any atom is 0.308 e. The maximum atomic E-state index is 14.5. The van der Waals surface area contributed by atoms with Crippen LogP contribution >= 0.6 is 0 Å². The first-order chi connectivity index (χ1) is 40.1. The van der Waals surface area contributed by atoms with Gasteiger partial charge in [-0.15, -0.1) is 0 Å². The summed E-state index contributed by atoms with van der Waals surface area (Å²) in [6, 6.07) is 0. The number of hydrogen-bond donors (Lipinski definition) is 16. The lowest BCUT2D eigenvalue weighted by molar-refractivity contribution is -0.359. The zero-order chi connectivity index (χ0) is 62.5. The van der Waals surface area contributed by atoms with Crippen LogP contribution in [0, 0.1) is 34.0 Å². The number of ether oxygens (including phenoxy) is 10. The maximum absolute atomic E-state index is 14.5. The van der Waals surface area contributed by atoms with Crippen molar-refractivity contribution in [1.29, 1.82) is 0 Å². The Hall–Kier alpha value is -1.79. The van der Waals surface area contributed by atoms with Gasteiger partial charge in [0.15, 0.2) is 18.7 Å². The van der Waals surface area contributed by atoms with E-state index in [1.54, 1.807) is 0 Å². The molecule has 0 amide bonds. The summed E-state index contributed by atoms with van der Waals surface area (Å²) in [5, 5.41) is 171. The number of carbonyl (C=O) groups is 1. The van der Waals surface area contributed by atoms with Gasteiger partial charge in [-0.25, -0.2) is 0 Å². The molecule has 16 N–H and O–H groups in total. The number of carbonyl (C=O) groups excluding carboxylic acids is 1. The van der Waals surface area contributed by atoms with Gasteiger partial charge in [0.1, 0.15) is 103 Å². The Kier molecular flexibility index (Phi) is 22.4. The zero-order valence-corrected chi connectivity index (χ0v) is 49.6. The van der Waals surface area contributed by atoms with Crippen molar-refractivity contribution in [2.75, 3.05) is 46.8 Å². The fourth-order valence-corrected chi connectivity index (χ4v) is 15.8. The highest BCUT2D eigenvalue weighted by Gasteiger charge is 2.69. The molecule has 0 radical (unpaired) electrons. The Morgan fingerprint density at radius 3 is 1.91 bits per heavy atom. The van der Waals surface area contributed by atoms with E-state index in [9.17, 15) is 86.5 Å². The highest BCUT2D eigenvalue weighted by Crippen LogP contribution is 2.68. The lowest BCUT2D eigenvalue weighted by Gasteiger charge is -2.54. The number of aliphatic hydroxyl groups excluding tert-OH is 16.